The molecule has 0 aliphatic carbocycles. The van der Waals surface area contributed by atoms with Crippen LogP contribution in [-0.2, 0) is 4.74 Å². The first-order valence-corrected chi connectivity index (χ1v) is 5.74. The highest BCUT2D eigenvalue weighted by Crippen LogP contribution is 2.29. The first-order valence-electron chi connectivity index (χ1n) is 5.74. The van der Waals surface area contributed by atoms with Crippen molar-refractivity contribution in [3.8, 4) is 0 Å². The third-order valence-corrected chi connectivity index (χ3v) is 2.24. The van der Waals surface area contributed by atoms with Crippen LogP contribution in [0.1, 0.15) is 13.8 Å². The largest absolute Gasteiger partial charge is 0.447 e. The van der Waals surface area contributed by atoms with Gasteiger partial charge in [-0.3, -0.25) is 15.4 Å². The molecular formula is C12H17N3O4. The molecule has 7 nitrogen and oxygen atoms in total. The summed E-state index contributed by atoms with van der Waals surface area (Å²) in [6, 6.07) is 4.46. The van der Waals surface area contributed by atoms with E-state index in [1.165, 1.54) is 6.07 Å². The second-order valence-corrected chi connectivity index (χ2v) is 4.43. The normalized spacial score (nSPS) is 10.2. The maximum Gasteiger partial charge on any atom is 0.411 e. The van der Waals surface area contributed by atoms with E-state index in [1.54, 1.807) is 45.0 Å². The summed E-state index contributed by atoms with van der Waals surface area (Å²) in [5, 5.41) is 13.4. The van der Waals surface area contributed by atoms with Gasteiger partial charge in [-0.1, -0.05) is 0 Å². The summed E-state index contributed by atoms with van der Waals surface area (Å²) < 4.78 is 4.90. The van der Waals surface area contributed by atoms with Crippen LogP contribution in [0.2, 0.25) is 0 Å². The van der Waals surface area contributed by atoms with Gasteiger partial charge in [0.25, 0.3) is 5.69 Å². The molecule has 7 heteroatoms. The minimum absolute atomic E-state index is 0.0765. The minimum atomic E-state index is -0.637. The van der Waals surface area contributed by atoms with Crippen LogP contribution in [0.4, 0.5) is 21.9 Å². The summed E-state index contributed by atoms with van der Waals surface area (Å²) >= 11 is 0. The van der Waals surface area contributed by atoms with Crippen LogP contribution in [-0.4, -0.2) is 31.2 Å². The predicted octanol–water partition coefficient (Wildman–Crippen LogP) is 2.62. The molecule has 0 radical (unpaired) electrons. The number of hydrogen-bond donors (Lipinski definition) is 1. The molecule has 0 saturated carbocycles. The van der Waals surface area contributed by atoms with Crippen LogP contribution >= 0.6 is 0 Å². The fourth-order valence-electron chi connectivity index (χ4n) is 1.49. The Morgan fingerprint density at radius 2 is 2.05 bits per heavy atom. The van der Waals surface area contributed by atoms with E-state index in [1.807, 2.05) is 0 Å². The minimum Gasteiger partial charge on any atom is -0.447 e. The number of nitro groups is 1. The van der Waals surface area contributed by atoms with Crippen LogP contribution in [0.3, 0.4) is 0 Å². The molecule has 0 aromatic heterocycles. The molecule has 104 valence electrons. The summed E-state index contributed by atoms with van der Waals surface area (Å²) in [5.41, 5.74) is 0.711. The van der Waals surface area contributed by atoms with Gasteiger partial charge in [0, 0.05) is 20.2 Å². The first kappa shape index (κ1) is 14.7. The van der Waals surface area contributed by atoms with Crippen LogP contribution in [0.15, 0.2) is 18.2 Å². The van der Waals surface area contributed by atoms with Gasteiger partial charge < -0.3 is 9.64 Å². The van der Waals surface area contributed by atoms with E-state index >= 15 is 0 Å². The van der Waals surface area contributed by atoms with E-state index in [2.05, 4.69) is 5.32 Å². The molecule has 0 spiro atoms. The number of amides is 1. The predicted molar refractivity (Wildman–Crippen MR) is 72.7 cm³/mol. The third kappa shape index (κ3) is 4.13. The molecule has 1 amide bonds. The quantitative estimate of drug-likeness (QED) is 0.669. The Bertz CT molecular complexity index is 486. The maximum atomic E-state index is 11.4. The number of nitrogens with zero attached hydrogens (tertiary/aromatic N) is 2. The number of nitro benzene ring substituents is 1. The molecule has 0 aliphatic rings. The number of anilines is 2. The Morgan fingerprint density at radius 3 is 2.53 bits per heavy atom. The highest BCUT2D eigenvalue weighted by atomic mass is 16.6. The van der Waals surface area contributed by atoms with Crippen LogP contribution in [0, 0.1) is 10.1 Å². The van der Waals surface area contributed by atoms with E-state index in [0.717, 1.165) is 0 Å². The Kier molecular flexibility index (Phi) is 4.68. The number of carbonyl (C=O) groups excluding carboxylic acids is 1. The fraction of sp³-hybridized carbons (Fsp3) is 0.417. The second-order valence-electron chi connectivity index (χ2n) is 4.43. The number of carbonyl (C=O) groups is 1. The standard InChI is InChI=1S/C12H17N3O4/c1-8(2)19-12(16)13-9-5-6-10(14(3)4)11(7-9)15(17)18/h5-8H,1-4H3,(H,13,16). The zero-order chi connectivity index (χ0) is 14.6. The van der Waals surface area contributed by atoms with E-state index in [0.29, 0.717) is 11.4 Å². The SMILES string of the molecule is CC(C)OC(=O)Nc1ccc(N(C)C)c([N+](=O)[O-])c1. The van der Waals surface area contributed by atoms with Crippen molar-refractivity contribution in [3.63, 3.8) is 0 Å². The van der Waals surface area contributed by atoms with Gasteiger partial charge in [-0.15, -0.1) is 0 Å². The van der Waals surface area contributed by atoms with Gasteiger partial charge >= 0.3 is 6.09 Å². The average molecular weight is 267 g/mol. The molecule has 0 heterocycles. The summed E-state index contributed by atoms with van der Waals surface area (Å²) in [6.45, 7) is 3.44. The van der Waals surface area contributed by atoms with Gasteiger partial charge in [0.15, 0.2) is 0 Å². The lowest BCUT2D eigenvalue weighted by molar-refractivity contribution is -0.384. The molecule has 1 aromatic rings. The highest BCUT2D eigenvalue weighted by molar-refractivity contribution is 5.86. The summed E-state index contributed by atoms with van der Waals surface area (Å²) in [6.07, 6.45) is -0.891. The fourth-order valence-corrected chi connectivity index (χ4v) is 1.49. The lowest BCUT2D eigenvalue weighted by atomic mass is 10.2. The third-order valence-electron chi connectivity index (χ3n) is 2.24. The number of rotatable bonds is 4. The summed E-state index contributed by atoms with van der Waals surface area (Å²) in [4.78, 5) is 23.5. The summed E-state index contributed by atoms with van der Waals surface area (Å²) in [5.74, 6) is 0. The second kappa shape index (κ2) is 6.03. The van der Waals surface area contributed by atoms with Crippen molar-refractivity contribution in [2.45, 2.75) is 20.0 Å². The Balaban J connectivity index is 2.96. The molecular weight excluding hydrogens is 250 g/mol. The van der Waals surface area contributed by atoms with Crippen molar-refractivity contribution in [2.24, 2.45) is 0 Å². The topological polar surface area (TPSA) is 84.7 Å². The van der Waals surface area contributed by atoms with Crippen molar-refractivity contribution in [1.29, 1.82) is 0 Å². The lowest BCUT2D eigenvalue weighted by Crippen LogP contribution is -2.18. The van der Waals surface area contributed by atoms with Crippen molar-refractivity contribution in [3.05, 3.63) is 28.3 Å². The van der Waals surface area contributed by atoms with Crippen molar-refractivity contribution >= 4 is 23.2 Å². The number of benzene rings is 1. The monoisotopic (exact) mass is 267 g/mol. The van der Waals surface area contributed by atoms with Crippen molar-refractivity contribution < 1.29 is 14.5 Å². The molecule has 19 heavy (non-hydrogen) atoms. The number of ether oxygens (including phenoxy) is 1. The molecule has 0 unspecified atom stereocenters. The number of hydrogen-bond acceptors (Lipinski definition) is 5. The lowest BCUT2D eigenvalue weighted by Gasteiger charge is -2.14. The summed E-state index contributed by atoms with van der Waals surface area (Å²) in [7, 11) is 3.42. The van der Waals surface area contributed by atoms with E-state index in [-0.39, 0.29) is 11.8 Å². The zero-order valence-corrected chi connectivity index (χ0v) is 11.3. The first-order chi connectivity index (χ1) is 8.81. The molecule has 0 aliphatic heterocycles. The van der Waals surface area contributed by atoms with E-state index in [4.69, 9.17) is 4.74 Å². The van der Waals surface area contributed by atoms with Crippen molar-refractivity contribution in [2.75, 3.05) is 24.3 Å². The Labute approximate surface area is 111 Å². The Hall–Kier alpha value is -2.31. The van der Waals surface area contributed by atoms with E-state index < -0.39 is 11.0 Å². The van der Waals surface area contributed by atoms with Crippen LogP contribution < -0.4 is 10.2 Å². The molecule has 1 N–H and O–H groups in total. The van der Waals surface area contributed by atoms with Gasteiger partial charge in [-0.25, -0.2) is 4.79 Å². The maximum absolute atomic E-state index is 11.4. The van der Waals surface area contributed by atoms with Gasteiger partial charge in [0.1, 0.15) is 5.69 Å². The van der Waals surface area contributed by atoms with Gasteiger partial charge in [0.05, 0.1) is 16.7 Å². The average Bonchev–Trinajstić information content (AvgIpc) is 2.27. The zero-order valence-electron chi connectivity index (χ0n) is 11.3. The number of nitrogens with one attached hydrogen (secondary N) is 1. The van der Waals surface area contributed by atoms with Gasteiger partial charge in [-0.2, -0.15) is 0 Å². The molecule has 1 aromatic carbocycles. The van der Waals surface area contributed by atoms with Crippen LogP contribution in [0.25, 0.3) is 0 Å². The van der Waals surface area contributed by atoms with Crippen molar-refractivity contribution in [1.82, 2.24) is 0 Å². The van der Waals surface area contributed by atoms with Gasteiger partial charge in [-0.05, 0) is 26.0 Å². The highest BCUT2D eigenvalue weighted by Gasteiger charge is 2.17. The van der Waals surface area contributed by atoms with Crippen LogP contribution in [0.5, 0.6) is 0 Å². The Morgan fingerprint density at radius 1 is 1.42 bits per heavy atom. The molecule has 1 rings (SSSR count). The van der Waals surface area contributed by atoms with E-state index in [9.17, 15) is 14.9 Å². The smallest absolute Gasteiger partial charge is 0.411 e. The molecule has 0 atom stereocenters. The van der Waals surface area contributed by atoms with Gasteiger partial charge in [0.2, 0.25) is 0 Å². The molecule has 0 fully saturated rings. The molecule has 0 bridgehead atoms. The molecule has 0 saturated heterocycles.